The van der Waals surface area contributed by atoms with Crippen LogP contribution in [-0.4, -0.2) is 73.8 Å². The lowest BCUT2D eigenvalue weighted by Gasteiger charge is -2.45. The zero-order valence-corrected chi connectivity index (χ0v) is 27.4. The third-order valence-corrected chi connectivity index (χ3v) is 9.15. The Balaban J connectivity index is 1.66. The Morgan fingerprint density at radius 2 is 1.98 bits per heavy atom. The largest absolute Gasteiger partial charge is 0.489 e. The molecule has 240 valence electrons. The zero-order chi connectivity index (χ0) is 33.0. The van der Waals surface area contributed by atoms with Crippen LogP contribution in [0.1, 0.15) is 44.4 Å². The van der Waals surface area contributed by atoms with Crippen molar-refractivity contribution in [1.29, 1.82) is 0 Å². The molecule has 1 aromatic carbocycles. The molecule has 0 saturated carbocycles. The highest BCUT2D eigenvalue weighted by atomic mass is 35.5. The molecule has 2 unspecified atom stereocenters. The first kappa shape index (κ1) is 31.9. The second kappa shape index (κ2) is 12.3. The zero-order valence-electron chi connectivity index (χ0n) is 25.9. The van der Waals surface area contributed by atoms with Gasteiger partial charge in [0.15, 0.2) is 11.4 Å². The number of pyridine rings is 2. The van der Waals surface area contributed by atoms with Crippen LogP contribution < -0.4 is 15.3 Å². The highest BCUT2D eigenvalue weighted by molar-refractivity contribution is 6.38. The minimum atomic E-state index is -0.644. The van der Waals surface area contributed by atoms with Gasteiger partial charge in [0.05, 0.1) is 33.7 Å². The molecule has 46 heavy (non-hydrogen) atoms. The van der Waals surface area contributed by atoms with Crippen LogP contribution in [0.15, 0.2) is 47.4 Å². The van der Waals surface area contributed by atoms with Crippen LogP contribution in [0.4, 0.5) is 10.2 Å². The first-order chi connectivity index (χ1) is 21.9. The van der Waals surface area contributed by atoms with Crippen LogP contribution in [-0.2, 0) is 4.79 Å². The van der Waals surface area contributed by atoms with Gasteiger partial charge in [-0.1, -0.05) is 49.7 Å². The molecule has 0 bridgehead atoms. The van der Waals surface area contributed by atoms with Gasteiger partial charge in [-0.15, -0.1) is 0 Å². The second-order valence-corrected chi connectivity index (χ2v) is 12.8. The number of carbonyl (C=O) groups is 1. The Morgan fingerprint density at radius 1 is 1.22 bits per heavy atom. The minimum Gasteiger partial charge on any atom is -0.489 e. The Bertz CT molecular complexity index is 1950. The first-order valence-corrected chi connectivity index (χ1v) is 15.8. The van der Waals surface area contributed by atoms with E-state index in [0.717, 1.165) is 5.56 Å². The number of carbonyl (C=O) groups excluding carboxylic acids is 1. The Kier molecular flexibility index (Phi) is 8.51. The number of fused-ring (bicyclic) bond motifs is 2. The van der Waals surface area contributed by atoms with Crippen molar-refractivity contribution in [1.82, 2.24) is 24.4 Å². The maximum atomic E-state index is 15.4. The number of hydrogen-bond donors (Lipinski definition) is 1. The lowest BCUT2D eigenvalue weighted by Crippen LogP contribution is -2.61. The summed E-state index contributed by atoms with van der Waals surface area (Å²) in [6.07, 6.45) is 1.85. The van der Waals surface area contributed by atoms with E-state index >= 15 is 4.39 Å². The molecule has 2 aliphatic heterocycles. The van der Waals surface area contributed by atoms with Gasteiger partial charge in [0.2, 0.25) is 5.91 Å². The molecule has 0 spiro atoms. The predicted molar refractivity (Wildman–Crippen MR) is 176 cm³/mol. The van der Waals surface area contributed by atoms with Crippen LogP contribution >= 0.6 is 23.2 Å². The van der Waals surface area contributed by atoms with Gasteiger partial charge in [0.1, 0.15) is 28.7 Å². The van der Waals surface area contributed by atoms with Crippen molar-refractivity contribution < 1.29 is 19.0 Å². The number of halogens is 3. The Hall–Kier alpha value is -4.06. The molecule has 1 amide bonds. The van der Waals surface area contributed by atoms with Crippen LogP contribution in [0.25, 0.3) is 28.0 Å². The Labute approximate surface area is 275 Å². The van der Waals surface area contributed by atoms with E-state index in [-0.39, 0.29) is 76.7 Å². The Morgan fingerprint density at radius 3 is 2.67 bits per heavy atom. The molecule has 5 heterocycles. The van der Waals surface area contributed by atoms with Crippen molar-refractivity contribution in [3.63, 3.8) is 0 Å². The summed E-state index contributed by atoms with van der Waals surface area (Å²) in [5.41, 5.74) is 1.75. The van der Waals surface area contributed by atoms with Gasteiger partial charge < -0.3 is 19.6 Å². The van der Waals surface area contributed by atoms with Gasteiger partial charge in [-0.2, -0.15) is 4.98 Å². The summed E-state index contributed by atoms with van der Waals surface area (Å²) in [4.78, 5) is 45.2. The van der Waals surface area contributed by atoms with E-state index in [9.17, 15) is 14.7 Å². The van der Waals surface area contributed by atoms with E-state index in [1.165, 1.54) is 22.8 Å². The van der Waals surface area contributed by atoms with Crippen LogP contribution in [0, 0.1) is 12.7 Å². The smallest absolute Gasteiger partial charge is 0.355 e. The van der Waals surface area contributed by atoms with E-state index in [2.05, 4.69) is 16.5 Å². The average Bonchev–Trinajstić information content (AvgIpc) is 3.17. The van der Waals surface area contributed by atoms with E-state index in [1.54, 1.807) is 17.2 Å². The van der Waals surface area contributed by atoms with Gasteiger partial charge >= 0.3 is 5.69 Å². The molecule has 1 saturated heterocycles. The van der Waals surface area contributed by atoms with Gasteiger partial charge in [-0.3, -0.25) is 9.78 Å². The molecule has 4 aromatic rings. The molecule has 2 atom stereocenters. The van der Waals surface area contributed by atoms with Crippen molar-refractivity contribution in [2.45, 2.75) is 52.1 Å². The summed E-state index contributed by atoms with van der Waals surface area (Å²) < 4.78 is 23.2. The van der Waals surface area contributed by atoms with Crippen molar-refractivity contribution in [3.8, 4) is 22.7 Å². The molecule has 10 nitrogen and oxygen atoms in total. The number of aliphatic hydroxyl groups excluding tert-OH is 1. The lowest BCUT2D eigenvalue weighted by atomic mass is 10.0. The highest BCUT2D eigenvalue weighted by Gasteiger charge is 2.41. The number of anilines is 1. The number of ether oxygens (including phenoxy) is 1. The van der Waals surface area contributed by atoms with Crippen molar-refractivity contribution in [2.24, 2.45) is 0 Å². The van der Waals surface area contributed by atoms with Crippen LogP contribution in [0.2, 0.25) is 10.0 Å². The maximum Gasteiger partial charge on any atom is 0.355 e. The number of nitrogens with zero attached hydrogens (tertiary/aromatic N) is 6. The summed E-state index contributed by atoms with van der Waals surface area (Å²) in [6.45, 7) is 12.0. The SMILES string of the molecule is C=C(CCO)C(=O)N1CC(C)N2c3nc(=O)n(-c4c(C)ccnc4C(C)C)c4nc(-c5c(F)cccc5Cl)c(Cl)c(c34)OCC2C1. The van der Waals surface area contributed by atoms with Gasteiger partial charge in [-0.25, -0.2) is 18.7 Å². The highest BCUT2D eigenvalue weighted by Crippen LogP contribution is 2.47. The van der Waals surface area contributed by atoms with Gasteiger partial charge in [0.25, 0.3) is 0 Å². The monoisotopic (exact) mass is 666 g/mol. The number of benzene rings is 1. The molecule has 1 N–H and O–H groups in total. The second-order valence-electron chi connectivity index (χ2n) is 12.0. The van der Waals surface area contributed by atoms with Crippen molar-refractivity contribution in [2.75, 3.05) is 31.2 Å². The summed E-state index contributed by atoms with van der Waals surface area (Å²) in [6, 6.07) is 5.33. The summed E-state index contributed by atoms with van der Waals surface area (Å²) >= 11 is 13.5. The molecule has 0 radical (unpaired) electrons. The number of amides is 1. The number of piperazine rings is 1. The molecule has 6 rings (SSSR count). The number of aliphatic hydroxyl groups is 1. The fourth-order valence-corrected chi connectivity index (χ4v) is 6.93. The van der Waals surface area contributed by atoms with Crippen molar-refractivity contribution >= 4 is 46.0 Å². The first-order valence-electron chi connectivity index (χ1n) is 15.0. The van der Waals surface area contributed by atoms with E-state index in [4.69, 9.17) is 32.9 Å². The molecule has 3 aromatic heterocycles. The molecule has 1 fully saturated rings. The molecular formula is C33H33Cl2FN6O4. The normalized spacial score (nSPS) is 17.6. The number of rotatable bonds is 6. The molecule has 13 heteroatoms. The molecular weight excluding hydrogens is 634 g/mol. The minimum absolute atomic E-state index is 0.00948. The standard InChI is InChI=1S/C33H33Cl2FN6O4/c1-16(2)26-28(17(3)9-11-37-26)42-30-24-29(25(35)27(38-30)23-21(34)7-6-8-22(23)36)46-15-20-14-40(32(44)18(4)10-12-43)13-19(5)41(20)31(24)39-33(42)45/h6-9,11,16,19-20,43H,4,10,12-15H2,1-3,5H3. The summed E-state index contributed by atoms with van der Waals surface area (Å²) in [5, 5.41) is 9.82. The summed E-state index contributed by atoms with van der Waals surface area (Å²) in [7, 11) is 0. The topological polar surface area (TPSA) is 114 Å². The fourth-order valence-electron chi connectivity index (χ4n) is 6.39. The number of aryl methyl sites for hydroxylation is 1. The molecule has 2 aliphatic rings. The quantitative estimate of drug-likeness (QED) is 0.270. The van der Waals surface area contributed by atoms with Crippen molar-refractivity contribution in [3.05, 3.63) is 80.2 Å². The number of aromatic nitrogens is 4. The van der Waals surface area contributed by atoms with Crippen LogP contribution in [0.5, 0.6) is 5.75 Å². The lowest BCUT2D eigenvalue weighted by molar-refractivity contribution is -0.128. The molecule has 0 aliphatic carbocycles. The van der Waals surface area contributed by atoms with Gasteiger partial charge in [-0.05, 0) is 43.5 Å². The fraction of sp³-hybridized carbons (Fsp3) is 0.364. The van der Waals surface area contributed by atoms with E-state index < -0.39 is 17.5 Å². The predicted octanol–water partition coefficient (Wildman–Crippen LogP) is 5.46. The van der Waals surface area contributed by atoms with Gasteiger partial charge in [0, 0.05) is 43.9 Å². The summed E-state index contributed by atoms with van der Waals surface area (Å²) in [5.74, 6) is -0.495. The van der Waals surface area contributed by atoms with E-state index in [1.807, 2.05) is 32.6 Å². The third kappa shape index (κ3) is 5.20. The average molecular weight is 668 g/mol. The van der Waals surface area contributed by atoms with E-state index in [0.29, 0.717) is 34.7 Å². The third-order valence-electron chi connectivity index (χ3n) is 8.48. The maximum absolute atomic E-state index is 15.4. The number of hydrogen-bond acceptors (Lipinski definition) is 8. The van der Waals surface area contributed by atoms with Crippen LogP contribution in [0.3, 0.4) is 0 Å².